The maximum absolute atomic E-state index is 12.7. The summed E-state index contributed by atoms with van der Waals surface area (Å²) in [4.78, 5) is 19.5. The number of hydrogen-bond acceptors (Lipinski definition) is 7. The Hall–Kier alpha value is -3.49. The molecule has 1 heterocycles. The van der Waals surface area contributed by atoms with Gasteiger partial charge in [-0.2, -0.15) is 4.98 Å². The van der Waals surface area contributed by atoms with E-state index < -0.39 is 23.2 Å². The zero-order valence-electron chi connectivity index (χ0n) is 20.5. The maximum atomic E-state index is 12.7. The SMILES string of the molecule is CCOC(=O)C(C)Oc1cccc(CN(CCC[S+]([O-])c2ccccc2)c2nc3ccccc3o2)c1. The highest BCUT2D eigenvalue weighted by molar-refractivity contribution is 7.91. The molecule has 0 aliphatic heterocycles. The highest BCUT2D eigenvalue weighted by atomic mass is 32.2. The number of rotatable bonds is 12. The van der Waals surface area contributed by atoms with Crippen LogP contribution in [0.15, 0.2) is 88.2 Å². The van der Waals surface area contributed by atoms with Gasteiger partial charge < -0.3 is 23.3 Å². The molecule has 1 aromatic heterocycles. The third-order valence-corrected chi connectivity index (χ3v) is 6.98. The fraction of sp³-hybridized carbons (Fsp3) is 0.286. The smallest absolute Gasteiger partial charge is 0.347 e. The Bertz CT molecular complexity index is 1230. The zero-order chi connectivity index (χ0) is 25.3. The molecule has 0 N–H and O–H groups in total. The first-order valence-corrected chi connectivity index (χ1v) is 13.3. The largest absolute Gasteiger partial charge is 0.611 e. The van der Waals surface area contributed by atoms with Crippen molar-refractivity contribution >= 4 is 34.3 Å². The highest BCUT2D eigenvalue weighted by Gasteiger charge is 2.19. The summed E-state index contributed by atoms with van der Waals surface area (Å²) in [5, 5.41) is 0. The minimum Gasteiger partial charge on any atom is -0.611 e. The fourth-order valence-corrected chi connectivity index (χ4v) is 4.85. The lowest BCUT2D eigenvalue weighted by Crippen LogP contribution is -2.27. The van der Waals surface area contributed by atoms with E-state index in [0.717, 1.165) is 16.0 Å². The maximum Gasteiger partial charge on any atom is 0.347 e. The Morgan fingerprint density at radius 2 is 1.86 bits per heavy atom. The molecule has 0 bridgehead atoms. The van der Waals surface area contributed by atoms with E-state index in [1.54, 1.807) is 13.8 Å². The molecular weight excluding hydrogens is 476 g/mol. The van der Waals surface area contributed by atoms with E-state index in [0.29, 0.717) is 49.2 Å². The van der Waals surface area contributed by atoms with Crippen molar-refractivity contribution in [2.75, 3.05) is 23.8 Å². The summed E-state index contributed by atoms with van der Waals surface area (Å²) in [6, 6.07) is 25.2. The average Bonchev–Trinajstić information content (AvgIpc) is 3.33. The lowest BCUT2D eigenvalue weighted by atomic mass is 10.2. The highest BCUT2D eigenvalue weighted by Crippen LogP contribution is 2.25. The Kier molecular flexibility index (Phi) is 8.86. The van der Waals surface area contributed by atoms with Crippen LogP contribution in [0.2, 0.25) is 0 Å². The molecule has 2 unspecified atom stereocenters. The van der Waals surface area contributed by atoms with E-state index in [1.807, 2.05) is 83.8 Å². The minimum atomic E-state index is -1.08. The molecule has 2 atom stereocenters. The molecule has 3 aromatic carbocycles. The third kappa shape index (κ3) is 6.80. The number of hydrogen-bond donors (Lipinski definition) is 0. The number of anilines is 1. The van der Waals surface area contributed by atoms with Crippen molar-refractivity contribution in [1.82, 2.24) is 4.98 Å². The van der Waals surface area contributed by atoms with Crippen molar-refractivity contribution in [3.05, 3.63) is 84.4 Å². The lowest BCUT2D eigenvalue weighted by molar-refractivity contribution is -0.150. The number of aromatic nitrogens is 1. The van der Waals surface area contributed by atoms with Gasteiger partial charge in [-0.25, -0.2) is 4.79 Å². The van der Waals surface area contributed by atoms with Gasteiger partial charge in [-0.1, -0.05) is 42.5 Å². The van der Waals surface area contributed by atoms with Crippen LogP contribution in [-0.2, 0) is 27.3 Å². The van der Waals surface area contributed by atoms with Crippen LogP contribution in [0.1, 0.15) is 25.8 Å². The summed E-state index contributed by atoms with van der Waals surface area (Å²) in [6.45, 7) is 4.86. The molecule has 0 saturated heterocycles. The second kappa shape index (κ2) is 12.5. The molecule has 0 aliphatic carbocycles. The molecule has 4 rings (SSSR count). The second-order valence-corrected chi connectivity index (χ2v) is 9.83. The zero-order valence-corrected chi connectivity index (χ0v) is 21.3. The van der Waals surface area contributed by atoms with Gasteiger partial charge in [0.15, 0.2) is 16.6 Å². The van der Waals surface area contributed by atoms with Crippen molar-refractivity contribution in [3.8, 4) is 5.75 Å². The molecule has 0 fully saturated rings. The van der Waals surface area contributed by atoms with Gasteiger partial charge in [0.25, 0.3) is 6.01 Å². The molecular formula is C28H30N2O5S. The summed E-state index contributed by atoms with van der Waals surface area (Å²) >= 11 is -1.08. The van der Waals surface area contributed by atoms with Gasteiger partial charge in [0, 0.05) is 19.5 Å². The summed E-state index contributed by atoms with van der Waals surface area (Å²) < 4.78 is 29.6. The van der Waals surface area contributed by atoms with Crippen molar-refractivity contribution in [2.24, 2.45) is 0 Å². The minimum absolute atomic E-state index is 0.307. The van der Waals surface area contributed by atoms with Crippen LogP contribution in [0, 0.1) is 0 Å². The van der Waals surface area contributed by atoms with Crippen molar-refractivity contribution < 1.29 is 23.2 Å². The number of nitrogens with zero attached hydrogens (tertiary/aromatic N) is 2. The van der Waals surface area contributed by atoms with E-state index in [1.165, 1.54) is 0 Å². The Morgan fingerprint density at radius 1 is 1.08 bits per heavy atom. The average molecular weight is 507 g/mol. The van der Waals surface area contributed by atoms with E-state index >= 15 is 0 Å². The summed E-state index contributed by atoms with van der Waals surface area (Å²) in [6.07, 6.45) is -0.0163. The number of fused-ring (bicyclic) bond motifs is 1. The fourth-order valence-electron chi connectivity index (χ4n) is 3.76. The quantitative estimate of drug-likeness (QED) is 0.189. The van der Waals surface area contributed by atoms with Crippen molar-refractivity contribution in [3.63, 3.8) is 0 Å². The predicted molar refractivity (Wildman–Crippen MR) is 141 cm³/mol. The molecule has 36 heavy (non-hydrogen) atoms. The number of carbonyl (C=O) groups is 1. The van der Waals surface area contributed by atoms with Crippen LogP contribution in [0.5, 0.6) is 5.75 Å². The van der Waals surface area contributed by atoms with Gasteiger partial charge in [0.2, 0.25) is 0 Å². The van der Waals surface area contributed by atoms with E-state index in [4.69, 9.17) is 13.9 Å². The molecule has 4 aromatic rings. The van der Waals surface area contributed by atoms with Crippen LogP contribution in [0.25, 0.3) is 11.1 Å². The molecule has 0 aliphatic rings. The van der Waals surface area contributed by atoms with Gasteiger partial charge in [-0.3, -0.25) is 0 Å². The monoisotopic (exact) mass is 506 g/mol. The Morgan fingerprint density at radius 3 is 2.64 bits per heavy atom. The molecule has 188 valence electrons. The van der Waals surface area contributed by atoms with Crippen LogP contribution < -0.4 is 9.64 Å². The first-order valence-electron chi connectivity index (χ1n) is 12.0. The summed E-state index contributed by atoms with van der Waals surface area (Å²) in [5.41, 5.74) is 2.46. The predicted octanol–water partition coefficient (Wildman–Crippen LogP) is 5.36. The first kappa shape index (κ1) is 25.6. The van der Waals surface area contributed by atoms with Crippen LogP contribution in [-0.4, -0.2) is 40.5 Å². The molecule has 0 radical (unpaired) electrons. The lowest BCUT2D eigenvalue weighted by Gasteiger charge is -2.22. The number of benzene rings is 3. The van der Waals surface area contributed by atoms with Crippen LogP contribution in [0.4, 0.5) is 6.01 Å². The molecule has 8 heteroatoms. The van der Waals surface area contributed by atoms with E-state index in [9.17, 15) is 9.35 Å². The standard InChI is InChI=1S/C28H30N2O5S/c1-3-33-27(31)21(2)34-23-12-9-11-22(19-23)20-30(28-29-25-15-7-8-16-26(25)35-28)17-10-18-36(32)24-13-5-4-6-14-24/h4-9,11-16,19,21H,3,10,17-18,20H2,1-2H3. The second-order valence-electron chi connectivity index (χ2n) is 8.26. The molecule has 7 nitrogen and oxygen atoms in total. The molecule has 0 saturated carbocycles. The Labute approximate surface area is 214 Å². The van der Waals surface area contributed by atoms with Gasteiger partial charge in [-0.15, -0.1) is 0 Å². The van der Waals surface area contributed by atoms with Crippen molar-refractivity contribution in [2.45, 2.75) is 37.8 Å². The number of carbonyl (C=O) groups excluding carboxylic acids is 1. The number of oxazole rings is 1. The molecule has 0 amide bonds. The summed E-state index contributed by atoms with van der Waals surface area (Å²) in [5.74, 6) is 0.708. The summed E-state index contributed by atoms with van der Waals surface area (Å²) in [7, 11) is 0. The van der Waals surface area contributed by atoms with Crippen LogP contribution in [0.3, 0.4) is 0 Å². The van der Waals surface area contributed by atoms with Gasteiger partial charge in [-0.05, 0) is 67.0 Å². The van der Waals surface area contributed by atoms with Gasteiger partial charge >= 0.3 is 5.97 Å². The molecule has 0 spiro atoms. The topological polar surface area (TPSA) is 87.9 Å². The third-order valence-electron chi connectivity index (χ3n) is 5.52. The first-order chi connectivity index (χ1) is 17.5. The normalized spacial score (nSPS) is 12.8. The van der Waals surface area contributed by atoms with Crippen LogP contribution >= 0.6 is 0 Å². The van der Waals surface area contributed by atoms with Gasteiger partial charge in [0.1, 0.15) is 17.0 Å². The number of ether oxygens (including phenoxy) is 2. The van der Waals surface area contributed by atoms with E-state index in [2.05, 4.69) is 4.98 Å². The van der Waals surface area contributed by atoms with E-state index in [-0.39, 0.29) is 0 Å². The van der Waals surface area contributed by atoms with Crippen molar-refractivity contribution in [1.29, 1.82) is 0 Å². The number of esters is 1. The number of para-hydroxylation sites is 2. The Balaban J connectivity index is 1.48. The van der Waals surface area contributed by atoms with Gasteiger partial charge in [0.05, 0.1) is 6.61 Å².